The molecule has 0 spiro atoms. The number of aryl methyl sites for hydroxylation is 2. The Bertz CT molecular complexity index is 978. The normalized spacial score (nSPS) is 11.7. The summed E-state index contributed by atoms with van der Waals surface area (Å²) >= 11 is 0. The number of fused-ring (bicyclic) bond motifs is 1. The summed E-state index contributed by atoms with van der Waals surface area (Å²) in [6.07, 6.45) is 1.21. The number of hydrogen-bond acceptors (Lipinski definition) is 4. The molecule has 0 radical (unpaired) electrons. The van der Waals surface area contributed by atoms with Gasteiger partial charge in [0.2, 0.25) is 9.84 Å². The number of pyridine rings is 1. The minimum atomic E-state index is -3.81. The van der Waals surface area contributed by atoms with Gasteiger partial charge in [0.25, 0.3) is 0 Å². The molecule has 1 N–H and O–H groups in total. The van der Waals surface area contributed by atoms with Crippen molar-refractivity contribution in [3.63, 3.8) is 0 Å². The molecule has 5 heteroatoms. The van der Waals surface area contributed by atoms with Crippen molar-refractivity contribution in [3.05, 3.63) is 59.8 Å². The van der Waals surface area contributed by atoms with Gasteiger partial charge in [0.1, 0.15) is 10.6 Å². The summed E-state index contributed by atoms with van der Waals surface area (Å²) < 4.78 is 25.5. The number of rotatable bonds is 2. The van der Waals surface area contributed by atoms with Crippen molar-refractivity contribution < 1.29 is 13.5 Å². The maximum absolute atomic E-state index is 12.8. The van der Waals surface area contributed by atoms with E-state index in [4.69, 9.17) is 0 Å². The van der Waals surface area contributed by atoms with Crippen LogP contribution in [0.4, 0.5) is 0 Å². The summed E-state index contributed by atoms with van der Waals surface area (Å²) in [5.74, 6) is -0.260. The number of aromatic nitrogens is 1. The molecule has 0 aliphatic heterocycles. The summed E-state index contributed by atoms with van der Waals surface area (Å²) in [5, 5.41) is 10.8. The summed E-state index contributed by atoms with van der Waals surface area (Å²) in [6.45, 7) is 3.77. The molecule has 0 atom stereocenters. The number of aromatic hydroxyl groups is 1. The van der Waals surface area contributed by atoms with E-state index in [1.165, 1.54) is 6.20 Å². The first-order chi connectivity index (χ1) is 10.4. The molecule has 0 saturated carbocycles. The van der Waals surface area contributed by atoms with Crippen LogP contribution in [0.3, 0.4) is 0 Å². The van der Waals surface area contributed by atoms with Crippen molar-refractivity contribution in [2.45, 2.75) is 23.6 Å². The first-order valence-electron chi connectivity index (χ1n) is 6.80. The second kappa shape index (κ2) is 5.10. The third-order valence-electron chi connectivity index (χ3n) is 3.79. The quantitative estimate of drug-likeness (QED) is 0.787. The van der Waals surface area contributed by atoms with Crippen LogP contribution < -0.4 is 0 Å². The number of hydrogen-bond donors (Lipinski definition) is 1. The minimum Gasteiger partial charge on any atom is -0.506 e. The number of para-hydroxylation sites is 1. The van der Waals surface area contributed by atoms with Crippen LogP contribution in [-0.2, 0) is 9.84 Å². The highest BCUT2D eigenvalue weighted by molar-refractivity contribution is 7.91. The van der Waals surface area contributed by atoms with E-state index >= 15 is 0 Å². The first kappa shape index (κ1) is 14.5. The Kier molecular flexibility index (Phi) is 3.37. The Hall–Kier alpha value is -2.40. The van der Waals surface area contributed by atoms with Gasteiger partial charge in [-0.25, -0.2) is 8.42 Å². The van der Waals surface area contributed by atoms with E-state index in [0.717, 1.165) is 11.1 Å². The molecule has 0 fully saturated rings. The van der Waals surface area contributed by atoms with E-state index < -0.39 is 9.84 Å². The van der Waals surface area contributed by atoms with Gasteiger partial charge in [0.05, 0.1) is 16.6 Å². The summed E-state index contributed by atoms with van der Waals surface area (Å²) in [5.41, 5.74) is 2.45. The van der Waals surface area contributed by atoms with Crippen molar-refractivity contribution in [2.75, 3.05) is 0 Å². The molecule has 4 nitrogen and oxygen atoms in total. The zero-order chi connectivity index (χ0) is 15.9. The first-order valence-corrected chi connectivity index (χ1v) is 8.28. The lowest BCUT2D eigenvalue weighted by Crippen LogP contribution is -2.04. The average Bonchev–Trinajstić information content (AvgIpc) is 2.50. The molecule has 22 heavy (non-hydrogen) atoms. The van der Waals surface area contributed by atoms with Gasteiger partial charge in [-0.3, -0.25) is 4.98 Å². The van der Waals surface area contributed by atoms with Crippen molar-refractivity contribution in [2.24, 2.45) is 0 Å². The lowest BCUT2D eigenvalue weighted by molar-refractivity contribution is 0.464. The Balaban J connectivity index is 2.25. The Labute approximate surface area is 129 Å². The van der Waals surface area contributed by atoms with Gasteiger partial charge in [0, 0.05) is 5.39 Å². The van der Waals surface area contributed by atoms with E-state index in [1.54, 1.807) is 42.5 Å². The van der Waals surface area contributed by atoms with E-state index in [2.05, 4.69) is 4.98 Å². The third kappa shape index (κ3) is 2.23. The van der Waals surface area contributed by atoms with Crippen LogP contribution in [0.15, 0.2) is 58.5 Å². The molecular formula is C17H15NO3S. The fourth-order valence-electron chi connectivity index (χ4n) is 2.31. The Morgan fingerprint density at radius 2 is 1.73 bits per heavy atom. The molecule has 0 bridgehead atoms. The van der Waals surface area contributed by atoms with Crippen LogP contribution in [0, 0.1) is 13.8 Å². The largest absolute Gasteiger partial charge is 0.506 e. The highest BCUT2D eigenvalue weighted by atomic mass is 32.2. The van der Waals surface area contributed by atoms with E-state index in [1.807, 2.05) is 13.8 Å². The summed E-state index contributed by atoms with van der Waals surface area (Å²) in [6, 6.07) is 11.8. The highest BCUT2D eigenvalue weighted by Gasteiger charge is 2.23. The van der Waals surface area contributed by atoms with Crippen molar-refractivity contribution in [1.29, 1.82) is 0 Å². The minimum absolute atomic E-state index is 0.156. The lowest BCUT2D eigenvalue weighted by Gasteiger charge is -2.10. The molecule has 0 saturated heterocycles. The fraction of sp³-hybridized carbons (Fsp3) is 0.118. The average molecular weight is 313 g/mol. The van der Waals surface area contributed by atoms with Crippen LogP contribution >= 0.6 is 0 Å². The molecule has 0 unspecified atom stereocenters. The number of sulfone groups is 1. The van der Waals surface area contributed by atoms with Crippen LogP contribution in [-0.4, -0.2) is 18.5 Å². The van der Waals surface area contributed by atoms with Gasteiger partial charge in [-0.05, 0) is 49.2 Å². The van der Waals surface area contributed by atoms with Crippen LogP contribution in [0.1, 0.15) is 11.1 Å². The van der Waals surface area contributed by atoms with E-state index in [-0.39, 0.29) is 15.5 Å². The molecule has 1 aromatic heterocycles. The highest BCUT2D eigenvalue weighted by Crippen LogP contribution is 2.33. The van der Waals surface area contributed by atoms with Gasteiger partial charge in [0.15, 0.2) is 0 Å². The number of nitrogens with zero attached hydrogens (tertiary/aromatic N) is 1. The molecule has 0 aliphatic carbocycles. The molecule has 0 aliphatic rings. The van der Waals surface area contributed by atoms with Crippen LogP contribution in [0.5, 0.6) is 5.75 Å². The van der Waals surface area contributed by atoms with Gasteiger partial charge >= 0.3 is 0 Å². The molecular weight excluding hydrogens is 298 g/mol. The standard InChI is InChI=1S/C17H15NO3S/c1-11-7-8-13(9-12(11)2)22(20,21)16-10-18-15-6-4-3-5-14(15)17(16)19/h3-10H,1-2H3,(H,18,19). The summed E-state index contributed by atoms with van der Waals surface area (Å²) in [7, 11) is -3.81. The lowest BCUT2D eigenvalue weighted by atomic mass is 10.1. The fourth-order valence-corrected chi connectivity index (χ4v) is 3.70. The monoisotopic (exact) mass is 313 g/mol. The summed E-state index contributed by atoms with van der Waals surface area (Å²) in [4.78, 5) is 4.12. The van der Waals surface area contributed by atoms with Crippen molar-refractivity contribution in [3.8, 4) is 5.75 Å². The maximum atomic E-state index is 12.8. The third-order valence-corrected chi connectivity index (χ3v) is 5.54. The molecule has 112 valence electrons. The van der Waals surface area contributed by atoms with Crippen LogP contribution in [0.25, 0.3) is 10.9 Å². The molecule has 3 rings (SSSR count). The smallest absolute Gasteiger partial charge is 0.211 e. The Morgan fingerprint density at radius 3 is 2.45 bits per heavy atom. The predicted molar refractivity (Wildman–Crippen MR) is 84.8 cm³/mol. The van der Waals surface area contributed by atoms with Gasteiger partial charge in [-0.2, -0.15) is 0 Å². The molecule has 0 amide bonds. The predicted octanol–water partition coefficient (Wildman–Crippen LogP) is 3.39. The van der Waals surface area contributed by atoms with Gasteiger partial charge in [-0.15, -0.1) is 0 Å². The van der Waals surface area contributed by atoms with Crippen molar-refractivity contribution in [1.82, 2.24) is 4.98 Å². The molecule has 2 aromatic carbocycles. The zero-order valence-corrected chi connectivity index (χ0v) is 13.1. The van der Waals surface area contributed by atoms with Gasteiger partial charge < -0.3 is 5.11 Å². The molecule has 1 heterocycles. The zero-order valence-electron chi connectivity index (χ0n) is 12.2. The van der Waals surface area contributed by atoms with E-state index in [9.17, 15) is 13.5 Å². The molecule has 3 aromatic rings. The van der Waals surface area contributed by atoms with Crippen LogP contribution in [0.2, 0.25) is 0 Å². The van der Waals surface area contributed by atoms with E-state index in [0.29, 0.717) is 10.9 Å². The second-order valence-electron chi connectivity index (χ2n) is 5.24. The topological polar surface area (TPSA) is 67.3 Å². The Morgan fingerprint density at radius 1 is 1.00 bits per heavy atom. The van der Waals surface area contributed by atoms with Gasteiger partial charge in [-0.1, -0.05) is 18.2 Å². The second-order valence-corrected chi connectivity index (χ2v) is 7.16. The van der Waals surface area contributed by atoms with Crippen molar-refractivity contribution >= 4 is 20.7 Å². The SMILES string of the molecule is Cc1ccc(S(=O)(=O)c2cnc3ccccc3c2O)cc1C. The maximum Gasteiger partial charge on any atom is 0.211 e. The number of benzene rings is 2.